The SMILES string of the molecule is Cn1cc(O)nc1N.NC(N)=O.[KH].[NaH]. The summed E-state index contributed by atoms with van der Waals surface area (Å²) in [6, 6.07) is -0.833. The minimum atomic E-state index is -0.833. The molecule has 0 aliphatic heterocycles. The molecule has 0 bridgehead atoms. The molecule has 1 aromatic rings. The van der Waals surface area contributed by atoms with Crippen LogP contribution in [0.3, 0.4) is 0 Å². The van der Waals surface area contributed by atoms with Crippen molar-refractivity contribution >= 4 is 92.9 Å². The fourth-order valence-corrected chi connectivity index (χ4v) is 0.464. The standard InChI is InChI=1S/C4H7N3O.CH4N2O.K.Na.2H/c1-7-2-3(8)6-4(7)5;2-1(3)4;;;;/h2,8H,1H3,(H2,5,6);(H4,2,3,4);;;;. The van der Waals surface area contributed by atoms with Crippen LogP contribution in [0.2, 0.25) is 0 Å². The molecule has 1 aromatic heterocycles. The average Bonchev–Trinajstić information content (AvgIpc) is 2.08. The Balaban J connectivity index is -0.000000180. The summed E-state index contributed by atoms with van der Waals surface area (Å²) in [5, 5.41) is 8.62. The van der Waals surface area contributed by atoms with Crippen molar-refractivity contribution in [2.75, 3.05) is 5.73 Å². The van der Waals surface area contributed by atoms with E-state index >= 15 is 0 Å². The van der Waals surface area contributed by atoms with Crippen molar-refractivity contribution in [2.45, 2.75) is 0 Å². The number of aromatic hydroxyl groups is 1. The molecule has 1 rings (SSSR count). The van der Waals surface area contributed by atoms with Gasteiger partial charge >= 0.3 is 87.0 Å². The maximum absolute atomic E-state index is 9.00. The number of nitrogens with two attached hydrogens (primary N) is 3. The molecule has 72 valence electrons. The molecule has 0 aliphatic rings. The van der Waals surface area contributed by atoms with E-state index < -0.39 is 6.03 Å². The number of imidazole rings is 1. The molecule has 0 unspecified atom stereocenters. The maximum atomic E-state index is 9.00. The minimum absolute atomic E-state index is 0. The number of aryl methyl sites for hydroxylation is 1. The Bertz CT molecular complexity index is 256. The van der Waals surface area contributed by atoms with Gasteiger partial charge in [-0.05, 0) is 0 Å². The number of nitrogens with zero attached hydrogens (tertiary/aromatic N) is 2. The average molecular weight is 237 g/mol. The molecule has 0 spiro atoms. The van der Waals surface area contributed by atoms with Gasteiger partial charge in [-0.25, -0.2) is 4.79 Å². The predicted molar refractivity (Wildman–Crippen MR) is 57.4 cm³/mol. The van der Waals surface area contributed by atoms with Crippen molar-refractivity contribution in [2.24, 2.45) is 18.5 Å². The number of hydrogen-bond acceptors (Lipinski definition) is 4. The molecule has 0 atom stereocenters. The van der Waals surface area contributed by atoms with Crippen molar-refractivity contribution in [3.8, 4) is 5.88 Å². The molecule has 2 amide bonds. The van der Waals surface area contributed by atoms with Gasteiger partial charge in [-0.15, -0.1) is 0 Å². The summed E-state index contributed by atoms with van der Waals surface area (Å²) in [7, 11) is 1.71. The Kier molecular flexibility index (Phi) is 14.8. The van der Waals surface area contributed by atoms with Crippen LogP contribution in [0.25, 0.3) is 0 Å². The molecule has 7 N–H and O–H groups in total. The van der Waals surface area contributed by atoms with E-state index in [2.05, 4.69) is 16.5 Å². The molecule has 14 heavy (non-hydrogen) atoms. The summed E-state index contributed by atoms with van der Waals surface area (Å²) < 4.78 is 1.54. The Morgan fingerprint density at radius 3 is 2.00 bits per heavy atom. The van der Waals surface area contributed by atoms with Crippen LogP contribution in [0.1, 0.15) is 0 Å². The first-order valence-electron chi connectivity index (χ1n) is 2.96. The van der Waals surface area contributed by atoms with E-state index in [-0.39, 0.29) is 86.8 Å². The second-order valence-corrected chi connectivity index (χ2v) is 1.97. The zero-order chi connectivity index (χ0) is 9.72. The van der Waals surface area contributed by atoms with Gasteiger partial charge in [0.2, 0.25) is 11.8 Å². The van der Waals surface area contributed by atoms with Crippen molar-refractivity contribution in [3.05, 3.63) is 6.20 Å². The van der Waals surface area contributed by atoms with Crippen LogP contribution < -0.4 is 17.2 Å². The zero-order valence-corrected chi connectivity index (χ0v) is 6.56. The van der Waals surface area contributed by atoms with E-state index in [0.29, 0.717) is 5.95 Å². The van der Waals surface area contributed by atoms with Gasteiger partial charge in [0.15, 0.2) is 0 Å². The molecule has 0 radical (unpaired) electrons. The number of nitrogen functional groups attached to an aromatic ring is 1. The molecule has 0 aromatic carbocycles. The van der Waals surface area contributed by atoms with Gasteiger partial charge in [-0.1, -0.05) is 0 Å². The van der Waals surface area contributed by atoms with E-state index in [9.17, 15) is 0 Å². The monoisotopic (exact) mass is 237 g/mol. The molecular formula is C5H13KN5NaO2. The first kappa shape index (κ1) is 20.2. The van der Waals surface area contributed by atoms with Crippen molar-refractivity contribution < 1.29 is 9.90 Å². The molecule has 9 heteroatoms. The summed E-state index contributed by atoms with van der Waals surface area (Å²) in [4.78, 5) is 12.5. The quantitative estimate of drug-likeness (QED) is 0.369. The van der Waals surface area contributed by atoms with Crippen LogP contribution in [0.15, 0.2) is 6.20 Å². The van der Waals surface area contributed by atoms with Gasteiger partial charge in [0, 0.05) is 7.05 Å². The van der Waals surface area contributed by atoms with Crippen molar-refractivity contribution in [1.29, 1.82) is 0 Å². The Morgan fingerprint density at radius 1 is 1.57 bits per heavy atom. The summed E-state index contributed by atoms with van der Waals surface area (Å²) in [5.74, 6) is 0.285. The van der Waals surface area contributed by atoms with Crippen LogP contribution in [0.5, 0.6) is 5.88 Å². The van der Waals surface area contributed by atoms with Gasteiger partial charge in [0.05, 0.1) is 6.20 Å². The number of anilines is 1. The fraction of sp³-hybridized carbons (Fsp3) is 0.200. The van der Waals surface area contributed by atoms with Gasteiger partial charge in [0.1, 0.15) is 0 Å². The van der Waals surface area contributed by atoms with Gasteiger partial charge in [0.25, 0.3) is 0 Å². The Hall–Kier alpha value is 0.716. The van der Waals surface area contributed by atoms with Gasteiger partial charge < -0.3 is 26.9 Å². The number of primary amides is 2. The molecule has 7 nitrogen and oxygen atoms in total. The molecule has 0 saturated carbocycles. The third-order valence-corrected chi connectivity index (χ3v) is 0.900. The van der Waals surface area contributed by atoms with Crippen LogP contribution in [0, 0.1) is 0 Å². The second kappa shape index (κ2) is 10.2. The van der Waals surface area contributed by atoms with Crippen LogP contribution in [-0.4, -0.2) is 102 Å². The third-order valence-electron chi connectivity index (χ3n) is 0.900. The predicted octanol–water partition coefficient (Wildman–Crippen LogP) is -2.57. The first-order valence-corrected chi connectivity index (χ1v) is 2.96. The number of amides is 2. The third kappa shape index (κ3) is 10.8. The molecule has 1 heterocycles. The Labute approximate surface area is 146 Å². The van der Waals surface area contributed by atoms with Crippen LogP contribution >= 0.6 is 0 Å². The summed E-state index contributed by atoms with van der Waals surface area (Å²) >= 11 is 0. The van der Waals surface area contributed by atoms with Crippen LogP contribution in [-0.2, 0) is 7.05 Å². The van der Waals surface area contributed by atoms with E-state index in [0.717, 1.165) is 0 Å². The zero-order valence-electron chi connectivity index (χ0n) is 6.56. The number of carbonyl (C=O) groups is 1. The summed E-state index contributed by atoms with van der Waals surface area (Å²) in [6.07, 6.45) is 1.44. The van der Waals surface area contributed by atoms with E-state index in [1.807, 2.05) is 0 Å². The molecular weight excluding hydrogens is 224 g/mol. The normalized spacial score (nSPS) is 7.21. The molecule has 0 fully saturated rings. The molecule has 0 aliphatic carbocycles. The summed E-state index contributed by atoms with van der Waals surface area (Å²) in [5.41, 5.74) is 13.7. The van der Waals surface area contributed by atoms with E-state index in [1.165, 1.54) is 10.8 Å². The Morgan fingerprint density at radius 2 is 1.93 bits per heavy atom. The van der Waals surface area contributed by atoms with Crippen molar-refractivity contribution in [3.63, 3.8) is 0 Å². The fourth-order valence-electron chi connectivity index (χ4n) is 0.464. The van der Waals surface area contributed by atoms with Crippen molar-refractivity contribution in [1.82, 2.24) is 9.55 Å². The summed E-state index contributed by atoms with van der Waals surface area (Å²) in [6.45, 7) is 0. The van der Waals surface area contributed by atoms with Crippen LogP contribution in [0.4, 0.5) is 10.7 Å². The number of carbonyl (C=O) groups excluding carboxylic acids is 1. The molecule has 0 saturated heterocycles. The second-order valence-electron chi connectivity index (χ2n) is 1.97. The van der Waals surface area contributed by atoms with Gasteiger partial charge in [-0.3, -0.25) is 0 Å². The van der Waals surface area contributed by atoms with Gasteiger partial charge in [-0.2, -0.15) is 4.98 Å². The number of rotatable bonds is 0. The van der Waals surface area contributed by atoms with E-state index in [4.69, 9.17) is 15.6 Å². The number of aromatic nitrogens is 2. The first-order chi connectivity index (χ1) is 5.43. The van der Waals surface area contributed by atoms with E-state index in [1.54, 1.807) is 7.05 Å². The number of urea groups is 1. The topological polar surface area (TPSA) is 133 Å². The number of hydrogen-bond donors (Lipinski definition) is 4.